The Morgan fingerprint density at radius 3 is 2.73 bits per heavy atom. The van der Waals surface area contributed by atoms with E-state index in [1.807, 2.05) is 37.3 Å². The zero-order chi connectivity index (χ0) is 17.9. The Hall–Kier alpha value is -2.18. The smallest absolute Gasteiger partial charge is 0.191 e. The molecule has 0 aliphatic carbocycles. The molecule has 26 heavy (non-hydrogen) atoms. The molecule has 4 rings (SSSR count). The summed E-state index contributed by atoms with van der Waals surface area (Å²) in [6, 6.07) is 14.2. The second kappa shape index (κ2) is 7.60. The minimum absolute atomic E-state index is 0.530. The molecule has 0 bridgehead atoms. The molecule has 0 saturated heterocycles. The number of rotatable bonds is 5. The molecule has 2 aromatic carbocycles. The third-order valence-corrected chi connectivity index (χ3v) is 5.43. The maximum atomic E-state index is 6.32. The highest BCUT2D eigenvalue weighted by atomic mass is 35.5. The molecular weight excluding hydrogens is 370 g/mol. The molecule has 0 atom stereocenters. The van der Waals surface area contributed by atoms with Crippen LogP contribution in [0.3, 0.4) is 0 Å². The quantitative estimate of drug-likeness (QED) is 0.609. The van der Waals surface area contributed by atoms with E-state index in [9.17, 15) is 0 Å². The van der Waals surface area contributed by atoms with Crippen LogP contribution in [0, 0.1) is 6.92 Å². The van der Waals surface area contributed by atoms with Crippen LogP contribution in [-0.4, -0.2) is 28.0 Å². The lowest BCUT2D eigenvalue weighted by Gasteiger charge is -2.20. The molecule has 0 fully saturated rings. The molecule has 0 unspecified atom stereocenters. The van der Waals surface area contributed by atoms with Crippen LogP contribution in [0.2, 0.25) is 5.02 Å². The summed E-state index contributed by atoms with van der Waals surface area (Å²) in [5, 5.41) is 10.0. The Bertz CT molecular complexity index is 915. The van der Waals surface area contributed by atoms with Crippen molar-refractivity contribution in [2.75, 3.05) is 13.2 Å². The fourth-order valence-corrected chi connectivity index (χ4v) is 4.01. The van der Waals surface area contributed by atoms with Gasteiger partial charge < -0.3 is 14.0 Å². The van der Waals surface area contributed by atoms with Crippen LogP contribution in [0.4, 0.5) is 0 Å². The summed E-state index contributed by atoms with van der Waals surface area (Å²) in [5.41, 5.74) is 2.29. The normalized spacial score (nSPS) is 13.0. The van der Waals surface area contributed by atoms with Crippen LogP contribution in [0.5, 0.6) is 11.5 Å². The van der Waals surface area contributed by atoms with Crippen LogP contribution in [0.25, 0.3) is 0 Å². The Labute approximate surface area is 161 Å². The molecule has 2 heterocycles. The first-order valence-corrected chi connectivity index (χ1v) is 9.71. The van der Waals surface area contributed by atoms with E-state index in [1.165, 1.54) is 5.56 Å². The van der Waals surface area contributed by atoms with Gasteiger partial charge >= 0.3 is 0 Å². The molecule has 0 N–H and O–H groups in total. The summed E-state index contributed by atoms with van der Waals surface area (Å²) in [4.78, 5) is 0. The van der Waals surface area contributed by atoms with Crippen LogP contribution in [0.15, 0.2) is 47.6 Å². The molecule has 3 aromatic rings. The highest BCUT2D eigenvalue weighted by molar-refractivity contribution is 7.98. The number of halogens is 1. The van der Waals surface area contributed by atoms with Gasteiger partial charge in [0.1, 0.15) is 19.0 Å². The first-order chi connectivity index (χ1) is 12.7. The van der Waals surface area contributed by atoms with Gasteiger partial charge in [-0.1, -0.05) is 53.7 Å². The first-order valence-electron chi connectivity index (χ1n) is 8.35. The molecule has 0 amide bonds. The Morgan fingerprint density at radius 2 is 1.88 bits per heavy atom. The lowest BCUT2D eigenvalue weighted by molar-refractivity contribution is 0.171. The van der Waals surface area contributed by atoms with E-state index in [4.69, 9.17) is 21.1 Å². The fourth-order valence-electron chi connectivity index (χ4n) is 2.81. The van der Waals surface area contributed by atoms with Crippen LogP contribution < -0.4 is 9.47 Å². The van der Waals surface area contributed by atoms with E-state index >= 15 is 0 Å². The van der Waals surface area contributed by atoms with Crippen LogP contribution in [-0.2, 0) is 12.3 Å². The van der Waals surface area contributed by atoms with Gasteiger partial charge in [0.15, 0.2) is 16.7 Å². The van der Waals surface area contributed by atoms with Gasteiger partial charge in [0.2, 0.25) is 0 Å². The minimum Gasteiger partial charge on any atom is -0.486 e. The second-order valence-corrected chi connectivity index (χ2v) is 7.34. The monoisotopic (exact) mass is 387 g/mol. The number of benzene rings is 2. The SMILES string of the molecule is Cc1nnc(SCc2cc(Cl)c3c(c2)OCCO3)n1Cc1ccccc1. The zero-order valence-corrected chi connectivity index (χ0v) is 15.9. The molecule has 134 valence electrons. The molecule has 1 aliphatic rings. The summed E-state index contributed by atoms with van der Waals surface area (Å²) in [6.07, 6.45) is 0. The molecule has 1 aromatic heterocycles. The van der Waals surface area contributed by atoms with Gasteiger partial charge in [-0.15, -0.1) is 10.2 Å². The van der Waals surface area contributed by atoms with Gasteiger partial charge in [0, 0.05) is 5.75 Å². The fraction of sp³-hybridized carbons (Fsp3) is 0.263. The van der Waals surface area contributed by atoms with Crippen LogP contribution in [0.1, 0.15) is 17.0 Å². The molecular formula is C19H18ClN3O2S. The lowest BCUT2D eigenvalue weighted by Crippen LogP contribution is -2.15. The predicted molar refractivity (Wildman–Crippen MR) is 102 cm³/mol. The van der Waals surface area contributed by atoms with Crippen molar-refractivity contribution in [1.29, 1.82) is 0 Å². The summed E-state index contributed by atoms with van der Waals surface area (Å²) in [5.74, 6) is 2.97. The van der Waals surface area contributed by atoms with Gasteiger partial charge in [-0.25, -0.2) is 0 Å². The number of aryl methyl sites for hydroxylation is 1. The molecule has 0 spiro atoms. The zero-order valence-electron chi connectivity index (χ0n) is 14.3. The van der Waals surface area contributed by atoms with Crippen molar-refractivity contribution in [2.45, 2.75) is 24.4 Å². The van der Waals surface area contributed by atoms with Gasteiger partial charge in [0.25, 0.3) is 0 Å². The third kappa shape index (κ3) is 3.66. The Kier molecular flexibility index (Phi) is 5.04. The van der Waals surface area contributed by atoms with Crippen molar-refractivity contribution in [3.63, 3.8) is 0 Å². The number of thioether (sulfide) groups is 1. The minimum atomic E-state index is 0.530. The van der Waals surface area contributed by atoms with Crippen molar-refractivity contribution < 1.29 is 9.47 Å². The molecule has 1 aliphatic heterocycles. The van der Waals surface area contributed by atoms with Crippen molar-refractivity contribution >= 4 is 23.4 Å². The number of fused-ring (bicyclic) bond motifs is 1. The topological polar surface area (TPSA) is 49.2 Å². The first kappa shape index (κ1) is 17.2. The average Bonchev–Trinajstić information content (AvgIpc) is 3.01. The van der Waals surface area contributed by atoms with Gasteiger partial charge in [-0.05, 0) is 30.2 Å². The van der Waals surface area contributed by atoms with Gasteiger partial charge in [-0.2, -0.15) is 0 Å². The van der Waals surface area contributed by atoms with E-state index in [0.717, 1.165) is 28.8 Å². The molecule has 7 heteroatoms. The summed E-state index contributed by atoms with van der Waals surface area (Å²) in [7, 11) is 0. The van der Waals surface area contributed by atoms with E-state index in [0.29, 0.717) is 29.7 Å². The summed E-state index contributed by atoms with van der Waals surface area (Å²) in [6.45, 7) is 3.80. The summed E-state index contributed by atoms with van der Waals surface area (Å²) >= 11 is 7.96. The largest absolute Gasteiger partial charge is 0.486 e. The predicted octanol–water partition coefficient (Wildman–Crippen LogP) is 4.35. The van der Waals surface area contributed by atoms with E-state index in [2.05, 4.69) is 26.9 Å². The Morgan fingerprint density at radius 1 is 1.08 bits per heavy atom. The van der Waals surface area contributed by atoms with E-state index < -0.39 is 0 Å². The molecule has 0 saturated carbocycles. The second-order valence-electron chi connectivity index (χ2n) is 5.99. The van der Waals surface area contributed by atoms with Crippen molar-refractivity contribution in [1.82, 2.24) is 14.8 Å². The Balaban J connectivity index is 1.51. The standard InChI is InChI=1S/C19H18ClN3O2S/c1-13-21-22-19(23(13)11-14-5-3-2-4-6-14)26-12-15-9-16(20)18-17(10-15)24-7-8-25-18/h2-6,9-10H,7-8,11-12H2,1H3. The highest BCUT2D eigenvalue weighted by Gasteiger charge is 2.17. The molecule has 5 nitrogen and oxygen atoms in total. The van der Waals surface area contributed by atoms with Crippen LogP contribution >= 0.6 is 23.4 Å². The van der Waals surface area contributed by atoms with Gasteiger partial charge in [0.05, 0.1) is 11.6 Å². The third-order valence-electron chi connectivity index (χ3n) is 4.11. The van der Waals surface area contributed by atoms with Crippen molar-refractivity contribution in [3.8, 4) is 11.5 Å². The lowest BCUT2D eigenvalue weighted by atomic mass is 10.2. The van der Waals surface area contributed by atoms with Crippen molar-refractivity contribution in [2.24, 2.45) is 0 Å². The molecule has 0 radical (unpaired) electrons. The number of hydrogen-bond donors (Lipinski definition) is 0. The number of aromatic nitrogens is 3. The van der Waals surface area contributed by atoms with E-state index in [-0.39, 0.29) is 0 Å². The maximum absolute atomic E-state index is 6.32. The highest BCUT2D eigenvalue weighted by Crippen LogP contribution is 2.39. The number of hydrogen-bond acceptors (Lipinski definition) is 5. The maximum Gasteiger partial charge on any atom is 0.191 e. The number of nitrogens with zero attached hydrogens (tertiary/aromatic N) is 3. The van der Waals surface area contributed by atoms with Gasteiger partial charge in [-0.3, -0.25) is 0 Å². The average molecular weight is 388 g/mol. The number of ether oxygens (including phenoxy) is 2. The van der Waals surface area contributed by atoms with E-state index in [1.54, 1.807) is 11.8 Å². The van der Waals surface area contributed by atoms with Crippen molar-refractivity contribution in [3.05, 3.63) is 64.4 Å². The summed E-state index contributed by atoms with van der Waals surface area (Å²) < 4.78 is 13.3.